The first-order chi connectivity index (χ1) is 23.9. The van der Waals surface area contributed by atoms with Crippen LogP contribution in [0.25, 0.3) is 34.3 Å². The molecular weight excluding hydrogens is 673 g/mol. The van der Waals surface area contributed by atoms with Crippen LogP contribution in [0.5, 0.6) is 0 Å². The van der Waals surface area contributed by atoms with Gasteiger partial charge in [-0.15, -0.1) is 17.9 Å². The van der Waals surface area contributed by atoms with Crippen LogP contribution in [-0.4, -0.2) is 45.7 Å². The molecule has 0 aliphatic carbocycles. The zero-order valence-corrected chi connectivity index (χ0v) is 28.3. The zero-order valence-electron chi connectivity index (χ0n) is 25.9. The van der Waals surface area contributed by atoms with Crippen LogP contribution < -0.4 is 4.72 Å². The third-order valence-corrected chi connectivity index (χ3v) is 10.7. The maximum absolute atomic E-state index is 13.5. The quantitative estimate of drug-likeness (QED) is 0.114. The number of rotatable bonds is 10. The molecule has 2 aromatic heterocycles. The smallest absolute Gasteiger partial charge is 0.267 e. The number of nitrogens with one attached hydrogen (secondary N) is 1. The number of amidine groups is 1. The summed E-state index contributed by atoms with van der Waals surface area (Å²) in [4.78, 5) is 24.3. The van der Waals surface area contributed by atoms with Gasteiger partial charge in [-0.05, 0) is 65.9 Å². The van der Waals surface area contributed by atoms with Gasteiger partial charge in [-0.3, -0.25) is 14.4 Å². The van der Waals surface area contributed by atoms with Gasteiger partial charge in [0.15, 0.2) is 10.3 Å². The summed E-state index contributed by atoms with van der Waals surface area (Å²) in [7, 11) is -3.80. The number of thioether (sulfide) groups is 1. The Balaban J connectivity index is 1.14. The molecule has 3 heterocycles. The van der Waals surface area contributed by atoms with Crippen molar-refractivity contribution in [1.29, 1.82) is 0 Å². The molecule has 1 aliphatic rings. The zero-order chi connectivity index (χ0) is 33.8. The van der Waals surface area contributed by atoms with Crippen LogP contribution in [0.1, 0.15) is 5.56 Å². The Hall–Kier alpha value is -5.56. The Bertz CT molecular complexity index is 2280. The van der Waals surface area contributed by atoms with Gasteiger partial charge in [0.25, 0.3) is 15.9 Å². The summed E-state index contributed by atoms with van der Waals surface area (Å²) in [5.74, 6) is -0.189. The van der Waals surface area contributed by atoms with Gasteiger partial charge < -0.3 is 0 Å². The maximum Gasteiger partial charge on any atom is 0.267 e. The normalized spacial score (nSPS) is 14.9. The minimum Gasteiger partial charge on any atom is -0.283 e. The van der Waals surface area contributed by atoms with Crippen molar-refractivity contribution in [1.82, 2.24) is 19.7 Å². The highest BCUT2D eigenvalue weighted by atomic mass is 32.2. The van der Waals surface area contributed by atoms with Crippen LogP contribution in [0, 0.1) is 0 Å². The standard InChI is InChI=1S/C37H28N6O3S3/c1-2-22-42-35(44)34(48-37(42)39-29-15-19-31(20-16-29)49(45,46)41-36-38-21-23-47-36)24-26-13-17-30(18-14-26)43-33(28-11-7-4-8-12-28)25-32(40-43)27-9-5-3-6-10-27/h2-21,23-25H,1,22H2,(H,38,41)/b34-24-,39-37?. The van der Waals surface area contributed by atoms with E-state index in [4.69, 9.17) is 5.10 Å². The lowest BCUT2D eigenvalue weighted by Crippen LogP contribution is -2.29. The molecule has 7 rings (SSSR count). The Labute approximate surface area is 292 Å². The molecule has 49 heavy (non-hydrogen) atoms. The number of hydrogen-bond donors (Lipinski definition) is 1. The Morgan fingerprint density at radius 1 is 0.878 bits per heavy atom. The predicted octanol–water partition coefficient (Wildman–Crippen LogP) is 8.25. The molecule has 12 heteroatoms. The highest BCUT2D eigenvalue weighted by Crippen LogP contribution is 2.35. The van der Waals surface area contributed by atoms with E-state index in [0.29, 0.717) is 15.8 Å². The maximum atomic E-state index is 13.5. The first-order valence-electron chi connectivity index (χ1n) is 15.1. The first kappa shape index (κ1) is 32.0. The van der Waals surface area contributed by atoms with Crippen molar-refractivity contribution < 1.29 is 13.2 Å². The van der Waals surface area contributed by atoms with E-state index in [2.05, 4.69) is 39.5 Å². The van der Waals surface area contributed by atoms with Crippen molar-refractivity contribution in [3.8, 4) is 28.2 Å². The molecular formula is C37H28N6O3S3. The fourth-order valence-corrected chi connectivity index (χ4v) is 7.94. The number of sulfonamides is 1. The highest BCUT2D eigenvalue weighted by molar-refractivity contribution is 8.18. The van der Waals surface area contributed by atoms with Crippen LogP contribution in [0.15, 0.2) is 154 Å². The Kier molecular flexibility index (Phi) is 9.07. The fourth-order valence-electron chi connectivity index (χ4n) is 5.15. The van der Waals surface area contributed by atoms with E-state index in [0.717, 1.165) is 33.8 Å². The summed E-state index contributed by atoms with van der Waals surface area (Å²) >= 11 is 2.45. The number of carbonyl (C=O) groups excluding carboxylic acids is 1. The number of aromatic nitrogens is 3. The van der Waals surface area contributed by atoms with Crippen LogP contribution in [-0.2, 0) is 14.8 Å². The van der Waals surface area contributed by atoms with Crippen LogP contribution in [0.2, 0.25) is 0 Å². The molecule has 0 atom stereocenters. The molecule has 1 N–H and O–H groups in total. The van der Waals surface area contributed by atoms with E-state index in [1.165, 1.54) is 41.4 Å². The third kappa shape index (κ3) is 7.02. The summed E-state index contributed by atoms with van der Waals surface area (Å²) in [6, 6.07) is 36.3. The van der Waals surface area contributed by atoms with E-state index in [1.54, 1.807) is 28.5 Å². The number of amides is 1. The molecule has 1 amide bonds. The molecule has 0 unspecified atom stereocenters. The van der Waals surface area contributed by atoms with Gasteiger partial charge in [-0.1, -0.05) is 78.9 Å². The molecule has 0 spiro atoms. The van der Waals surface area contributed by atoms with E-state index in [9.17, 15) is 13.2 Å². The Morgan fingerprint density at radius 2 is 1.57 bits per heavy atom. The van der Waals surface area contributed by atoms with Crippen molar-refractivity contribution >= 4 is 61.1 Å². The van der Waals surface area contributed by atoms with Gasteiger partial charge in [-0.2, -0.15) is 5.10 Å². The number of carbonyl (C=O) groups is 1. The van der Waals surface area contributed by atoms with Gasteiger partial charge in [0, 0.05) is 29.2 Å². The molecule has 1 fully saturated rings. The molecule has 9 nitrogen and oxygen atoms in total. The van der Waals surface area contributed by atoms with Crippen LogP contribution in [0.4, 0.5) is 10.8 Å². The number of anilines is 1. The average molecular weight is 701 g/mol. The minimum atomic E-state index is -3.80. The summed E-state index contributed by atoms with van der Waals surface area (Å²) < 4.78 is 29.9. The lowest BCUT2D eigenvalue weighted by Gasteiger charge is -2.12. The van der Waals surface area contributed by atoms with Crippen molar-refractivity contribution in [3.63, 3.8) is 0 Å². The van der Waals surface area contributed by atoms with Crippen molar-refractivity contribution in [2.45, 2.75) is 4.90 Å². The van der Waals surface area contributed by atoms with Gasteiger partial charge in [0.1, 0.15) is 0 Å². The molecule has 0 saturated carbocycles. The average Bonchev–Trinajstić information content (AvgIpc) is 3.87. The van der Waals surface area contributed by atoms with Crippen LogP contribution >= 0.6 is 23.1 Å². The topological polar surface area (TPSA) is 110 Å². The van der Waals surface area contributed by atoms with Crippen molar-refractivity contribution in [2.75, 3.05) is 11.3 Å². The number of benzene rings is 4. The molecule has 1 aliphatic heterocycles. The summed E-state index contributed by atoms with van der Waals surface area (Å²) in [6.45, 7) is 4.08. The highest BCUT2D eigenvalue weighted by Gasteiger charge is 2.32. The molecule has 0 radical (unpaired) electrons. The molecule has 6 aromatic rings. The van der Waals surface area contributed by atoms with E-state index in [1.807, 2.05) is 83.6 Å². The molecule has 0 bridgehead atoms. The third-order valence-electron chi connectivity index (χ3n) is 7.51. The number of aliphatic imine (C=N–C) groups is 1. The van der Waals surface area contributed by atoms with Crippen LogP contribution in [0.3, 0.4) is 0 Å². The second kappa shape index (κ2) is 13.9. The molecule has 242 valence electrons. The fraction of sp³-hybridized carbons (Fsp3) is 0.0270. The number of hydrogen-bond acceptors (Lipinski definition) is 8. The summed E-state index contributed by atoms with van der Waals surface area (Å²) in [6.07, 6.45) is 5.01. The van der Waals surface area contributed by atoms with Gasteiger partial charge in [-0.25, -0.2) is 23.1 Å². The van der Waals surface area contributed by atoms with E-state index in [-0.39, 0.29) is 22.5 Å². The Morgan fingerprint density at radius 3 is 2.22 bits per heavy atom. The SMILES string of the molecule is C=CCN1C(=O)/C(=C/c2ccc(-n3nc(-c4ccccc4)cc3-c3ccccc3)cc2)SC1=Nc1ccc(S(=O)(=O)Nc2nccs2)cc1. The van der Waals surface area contributed by atoms with Gasteiger partial charge in [0.2, 0.25) is 0 Å². The second-order valence-corrected chi connectivity index (χ2v) is 14.4. The summed E-state index contributed by atoms with van der Waals surface area (Å²) in [5, 5.41) is 7.41. The molecule has 4 aromatic carbocycles. The van der Waals surface area contributed by atoms with Gasteiger partial charge in [0.05, 0.1) is 32.6 Å². The summed E-state index contributed by atoms with van der Waals surface area (Å²) in [5.41, 5.74) is 6.16. The monoisotopic (exact) mass is 700 g/mol. The molecule has 1 saturated heterocycles. The largest absolute Gasteiger partial charge is 0.283 e. The first-order valence-corrected chi connectivity index (χ1v) is 18.3. The second-order valence-electron chi connectivity index (χ2n) is 10.8. The number of nitrogens with zero attached hydrogens (tertiary/aromatic N) is 5. The van der Waals surface area contributed by atoms with Crippen molar-refractivity contribution in [2.24, 2.45) is 4.99 Å². The van der Waals surface area contributed by atoms with Crippen molar-refractivity contribution in [3.05, 3.63) is 150 Å². The van der Waals surface area contributed by atoms with E-state index < -0.39 is 10.0 Å². The van der Waals surface area contributed by atoms with Gasteiger partial charge >= 0.3 is 0 Å². The lowest BCUT2D eigenvalue weighted by atomic mass is 10.1. The van der Waals surface area contributed by atoms with E-state index >= 15 is 0 Å². The lowest BCUT2D eigenvalue weighted by molar-refractivity contribution is -0.121. The minimum absolute atomic E-state index is 0.0797. The predicted molar refractivity (Wildman–Crippen MR) is 198 cm³/mol. The number of thiazole rings is 1.